The Morgan fingerprint density at radius 2 is 1.86 bits per heavy atom. The van der Waals surface area contributed by atoms with Crippen molar-refractivity contribution in [1.82, 2.24) is 24.9 Å². The Hall–Kier alpha value is -2.10. The van der Waals surface area contributed by atoms with Crippen molar-refractivity contribution in [2.75, 3.05) is 0 Å². The van der Waals surface area contributed by atoms with E-state index < -0.39 is 15.6 Å². The molecule has 0 fully saturated rings. The molecule has 2 heterocycles. The fourth-order valence-electron chi connectivity index (χ4n) is 3.01. The number of hydrogen-bond donors (Lipinski definition) is 1. The quantitative estimate of drug-likeness (QED) is 0.613. The molecular weight excluding hydrogens is 406 g/mol. The minimum absolute atomic E-state index is 0.372. The summed E-state index contributed by atoms with van der Waals surface area (Å²) in [5.74, 6) is 0.450. The van der Waals surface area contributed by atoms with Crippen LogP contribution < -0.4 is 4.72 Å². The molecule has 2 aromatic heterocycles. The first-order valence-corrected chi connectivity index (χ1v) is 11.8. The molecule has 3 aromatic rings. The summed E-state index contributed by atoms with van der Waals surface area (Å²) in [5.41, 5.74) is 2.12. The average molecular weight is 434 g/mol. The van der Waals surface area contributed by atoms with E-state index in [-0.39, 0.29) is 0 Å². The lowest BCUT2D eigenvalue weighted by molar-refractivity contribution is 0.493. The van der Waals surface area contributed by atoms with Gasteiger partial charge < -0.3 is 0 Å². The average Bonchev–Trinajstić information content (AvgIpc) is 3.23. The molecule has 9 heteroatoms. The number of sulfonamides is 1. The van der Waals surface area contributed by atoms with Crippen LogP contribution in [-0.4, -0.2) is 34.2 Å². The maximum Gasteiger partial charge on any atom is 0.251 e. The zero-order chi connectivity index (χ0) is 21.2. The van der Waals surface area contributed by atoms with Gasteiger partial charge in [-0.05, 0) is 60.7 Å². The fraction of sp³-hybridized carbons (Fsp3) is 0.450. The molecule has 1 N–H and O–H groups in total. The highest BCUT2D eigenvalue weighted by molar-refractivity contribution is 7.91. The van der Waals surface area contributed by atoms with Gasteiger partial charge in [0.1, 0.15) is 10.5 Å². The number of benzene rings is 1. The van der Waals surface area contributed by atoms with Gasteiger partial charge in [0, 0.05) is 16.0 Å². The Labute approximate surface area is 176 Å². The standard InChI is InChI=1S/C20H27N5O2S2/c1-14(2)10-17-11-18(19(28-17)29(26,27)22-20(3,4)5)16-8-6-15(7-9-16)12-25-13-21-23-24-25/h6-9,11,13-14,22H,10,12H2,1-5H3. The van der Waals surface area contributed by atoms with Gasteiger partial charge in [0.2, 0.25) is 0 Å². The first kappa shape index (κ1) is 21.6. The van der Waals surface area contributed by atoms with Gasteiger partial charge in [0.05, 0.1) is 6.54 Å². The van der Waals surface area contributed by atoms with Crippen molar-refractivity contribution in [2.45, 2.75) is 57.3 Å². The highest BCUT2D eigenvalue weighted by Crippen LogP contribution is 2.37. The van der Waals surface area contributed by atoms with Crippen molar-refractivity contribution in [3.8, 4) is 11.1 Å². The summed E-state index contributed by atoms with van der Waals surface area (Å²) >= 11 is 1.36. The van der Waals surface area contributed by atoms with Gasteiger partial charge in [0.15, 0.2) is 0 Å². The van der Waals surface area contributed by atoms with E-state index in [1.165, 1.54) is 11.3 Å². The second kappa shape index (κ2) is 8.33. The van der Waals surface area contributed by atoms with Gasteiger partial charge in [-0.3, -0.25) is 0 Å². The second-order valence-corrected chi connectivity index (χ2v) is 11.6. The summed E-state index contributed by atoms with van der Waals surface area (Å²) in [6.45, 7) is 10.4. The second-order valence-electron chi connectivity index (χ2n) is 8.57. The molecule has 0 bridgehead atoms. The molecule has 0 aliphatic rings. The van der Waals surface area contributed by atoms with Gasteiger partial charge in [0.25, 0.3) is 10.0 Å². The third-order valence-corrected chi connectivity index (χ3v) is 7.49. The Kier molecular flexibility index (Phi) is 6.21. The fourth-order valence-corrected chi connectivity index (χ4v) is 6.37. The monoisotopic (exact) mass is 433 g/mol. The van der Waals surface area contributed by atoms with Gasteiger partial charge >= 0.3 is 0 Å². The van der Waals surface area contributed by atoms with Gasteiger partial charge in [-0.2, -0.15) is 0 Å². The van der Waals surface area contributed by atoms with E-state index in [4.69, 9.17) is 0 Å². The van der Waals surface area contributed by atoms with Crippen LogP contribution in [0, 0.1) is 5.92 Å². The van der Waals surface area contributed by atoms with Crippen LogP contribution in [0.1, 0.15) is 45.1 Å². The van der Waals surface area contributed by atoms with E-state index in [0.717, 1.165) is 28.0 Å². The predicted octanol–water partition coefficient (Wildman–Crippen LogP) is 3.73. The molecule has 1 aromatic carbocycles. The molecule has 0 unspecified atom stereocenters. The van der Waals surface area contributed by atoms with Gasteiger partial charge in [-0.25, -0.2) is 17.8 Å². The van der Waals surface area contributed by atoms with E-state index >= 15 is 0 Å². The molecule has 0 atom stereocenters. The number of aromatic nitrogens is 4. The minimum atomic E-state index is -3.63. The lowest BCUT2D eigenvalue weighted by atomic mass is 10.0. The van der Waals surface area contributed by atoms with Crippen molar-refractivity contribution in [1.29, 1.82) is 0 Å². The summed E-state index contributed by atoms with van der Waals surface area (Å²) in [5, 5.41) is 11.1. The summed E-state index contributed by atoms with van der Waals surface area (Å²) < 4.78 is 31.0. The molecule has 156 valence electrons. The lowest BCUT2D eigenvalue weighted by Crippen LogP contribution is -2.40. The molecule has 0 saturated heterocycles. The van der Waals surface area contributed by atoms with Crippen LogP contribution in [0.3, 0.4) is 0 Å². The Bertz CT molecular complexity index is 1050. The normalized spacial score (nSPS) is 12.6. The van der Waals surface area contributed by atoms with E-state index in [0.29, 0.717) is 16.7 Å². The number of nitrogens with zero attached hydrogens (tertiary/aromatic N) is 4. The van der Waals surface area contributed by atoms with Crippen molar-refractivity contribution < 1.29 is 8.42 Å². The number of nitrogens with one attached hydrogen (secondary N) is 1. The summed E-state index contributed by atoms with van der Waals surface area (Å²) in [4.78, 5) is 1.07. The maximum absolute atomic E-state index is 13.1. The lowest BCUT2D eigenvalue weighted by Gasteiger charge is -2.20. The molecular formula is C20H27N5O2S2. The highest BCUT2D eigenvalue weighted by Gasteiger charge is 2.27. The third kappa shape index (κ3) is 5.71. The van der Waals surface area contributed by atoms with Crippen LogP contribution in [0.25, 0.3) is 11.1 Å². The zero-order valence-corrected chi connectivity index (χ0v) is 19.0. The first-order chi connectivity index (χ1) is 13.5. The topological polar surface area (TPSA) is 89.8 Å². The smallest absolute Gasteiger partial charge is 0.228 e. The van der Waals surface area contributed by atoms with Crippen LogP contribution in [0.2, 0.25) is 0 Å². The maximum atomic E-state index is 13.1. The number of rotatable bonds is 7. The summed E-state index contributed by atoms with van der Waals surface area (Å²) in [6, 6.07) is 9.88. The van der Waals surface area contributed by atoms with Gasteiger partial charge in [-0.15, -0.1) is 16.4 Å². The van der Waals surface area contributed by atoms with Crippen molar-refractivity contribution in [3.63, 3.8) is 0 Å². The van der Waals surface area contributed by atoms with Crippen LogP contribution in [0.5, 0.6) is 0 Å². The molecule has 0 spiro atoms. The number of tetrazole rings is 1. The van der Waals surface area contributed by atoms with E-state index in [2.05, 4.69) is 34.1 Å². The summed E-state index contributed by atoms with van der Waals surface area (Å²) in [7, 11) is -3.63. The van der Waals surface area contributed by atoms with E-state index in [1.807, 2.05) is 51.1 Å². The van der Waals surface area contributed by atoms with Crippen LogP contribution in [-0.2, 0) is 23.0 Å². The highest BCUT2D eigenvalue weighted by atomic mass is 32.2. The molecule has 29 heavy (non-hydrogen) atoms. The van der Waals surface area contributed by atoms with Crippen LogP contribution in [0.15, 0.2) is 40.9 Å². The SMILES string of the molecule is CC(C)Cc1cc(-c2ccc(Cn3cnnn3)cc2)c(S(=O)(=O)NC(C)(C)C)s1. The molecule has 0 aliphatic carbocycles. The Morgan fingerprint density at radius 3 is 2.41 bits per heavy atom. The van der Waals surface area contributed by atoms with Crippen molar-refractivity contribution in [2.24, 2.45) is 5.92 Å². The number of hydrogen-bond acceptors (Lipinski definition) is 6. The van der Waals surface area contributed by atoms with Gasteiger partial charge in [-0.1, -0.05) is 38.1 Å². The molecule has 0 saturated carbocycles. The predicted molar refractivity (Wildman–Crippen MR) is 115 cm³/mol. The molecule has 0 amide bonds. The number of thiophene rings is 1. The third-order valence-electron chi connectivity index (χ3n) is 4.04. The van der Waals surface area contributed by atoms with E-state index in [9.17, 15) is 8.42 Å². The van der Waals surface area contributed by atoms with Crippen molar-refractivity contribution >= 4 is 21.4 Å². The van der Waals surface area contributed by atoms with Crippen LogP contribution in [0.4, 0.5) is 0 Å². The summed E-state index contributed by atoms with van der Waals surface area (Å²) in [6.07, 6.45) is 2.41. The van der Waals surface area contributed by atoms with Crippen molar-refractivity contribution in [3.05, 3.63) is 47.1 Å². The molecule has 3 rings (SSSR count). The van der Waals surface area contributed by atoms with E-state index in [1.54, 1.807) is 11.0 Å². The molecule has 7 nitrogen and oxygen atoms in total. The molecule has 0 aliphatic heterocycles. The Morgan fingerprint density at radius 1 is 1.17 bits per heavy atom. The first-order valence-electron chi connectivity index (χ1n) is 9.50. The minimum Gasteiger partial charge on any atom is -0.228 e. The largest absolute Gasteiger partial charge is 0.251 e. The zero-order valence-electron chi connectivity index (χ0n) is 17.4. The molecule has 0 radical (unpaired) electrons. The Balaban J connectivity index is 1.97. The van der Waals surface area contributed by atoms with Crippen LogP contribution >= 0.6 is 11.3 Å².